The van der Waals surface area contributed by atoms with E-state index in [0.29, 0.717) is 5.88 Å². The Morgan fingerprint density at radius 2 is 2.00 bits per heavy atom. The van der Waals surface area contributed by atoms with Crippen LogP contribution < -0.4 is 4.74 Å². The summed E-state index contributed by atoms with van der Waals surface area (Å²) in [5.41, 5.74) is 3.98. The van der Waals surface area contributed by atoms with E-state index in [4.69, 9.17) is 16.3 Å². The van der Waals surface area contributed by atoms with Crippen LogP contribution in [0.1, 0.15) is 5.56 Å². The molecule has 0 aliphatic rings. The number of aromatic nitrogens is 2. The average Bonchev–Trinajstić information content (AvgIpc) is 2.90. The lowest BCUT2D eigenvalue weighted by atomic mass is 10.2. The zero-order valence-corrected chi connectivity index (χ0v) is 11.3. The molecule has 0 radical (unpaired) electrons. The molecule has 3 aromatic rings. The van der Waals surface area contributed by atoms with Gasteiger partial charge in [-0.25, -0.2) is 4.98 Å². The van der Waals surface area contributed by atoms with Crippen molar-refractivity contribution in [3.8, 4) is 17.0 Å². The van der Waals surface area contributed by atoms with E-state index in [1.54, 1.807) is 7.11 Å². The maximum atomic E-state index is 5.83. The number of imidazole rings is 1. The van der Waals surface area contributed by atoms with Crippen molar-refractivity contribution >= 4 is 17.2 Å². The molecule has 0 atom stereocenters. The molecular weight excluding hydrogens is 260 g/mol. The van der Waals surface area contributed by atoms with Crippen molar-refractivity contribution in [2.45, 2.75) is 5.88 Å². The van der Waals surface area contributed by atoms with Crippen molar-refractivity contribution in [3.63, 3.8) is 0 Å². The van der Waals surface area contributed by atoms with Gasteiger partial charge < -0.3 is 9.14 Å². The minimum atomic E-state index is 0.501. The molecule has 0 bridgehead atoms. The third-order valence-electron chi connectivity index (χ3n) is 3.06. The predicted molar refractivity (Wildman–Crippen MR) is 76.7 cm³/mol. The maximum absolute atomic E-state index is 5.83. The number of hydrogen-bond acceptors (Lipinski definition) is 2. The van der Waals surface area contributed by atoms with Crippen LogP contribution in [-0.2, 0) is 5.88 Å². The normalized spacial score (nSPS) is 10.8. The van der Waals surface area contributed by atoms with Gasteiger partial charge in [-0.3, -0.25) is 0 Å². The molecule has 0 unspecified atom stereocenters. The van der Waals surface area contributed by atoms with Crippen LogP contribution in [0.15, 0.2) is 48.8 Å². The van der Waals surface area contributed by atoms with Gasteiger partial charge in [-0.1, -0.05) is 0 Å². The zero-order chi connectivity index (χ0) is 13.2. The summed E-state index contributed by atoms with van der Waals surface area (Å²) in [6.07, 6.45) is 3.99. The number of hydrogen-bond donors (Lipinski definition) is 0. The first-order valence-electron chi connectivity index (χ1n) is 5.98. The molecule has 19 heavy (non-hydrogen) atoms. The van der Waals surface area contributed by atoms with Crippen LogP contribution in [0.5, 0.6) is 5.75 Å². The Balaban J connectivity index is 2.04. The van der Waals surface area contributed by atoms with Crippen molar-refractivity contribution in [1.82, 2.24) is 9.38 Å². The van der Waals surface area contributed by atoms with Crippen molar-refractivity contribution in [3.05, 3.63) is 54.4 Å². The van der Waals surface area contributed by atoms with Crippen LogP contribution in [0.3, 0.4) is 0 Å². The highest BCUT2D eigenvalue weighted by molar-refractivity contribution is 6.17. The molecule has 0 saturated carbocycles. The Bertz CT molecular complexity index is 704. The summed E-state index contributed by atoms with van der Waals surface area (Å²) in [5, 5.41) is 0. The van der Waals surface area contributed by atoms with Crippen LogP contribution in [0.2, 0.25) is 0 Å². The number of ether oxygens (including phenoxy) is 1. The first kappa shape index (κ1) is 12.1. The molecule has 2 aromatic heterocycles. The molecule has 2 heterocycles. The molecule has 1 aromatic carbocycles. The van der Waals surface area contributed by atoms with E-state index in [2.05, 4.69) is 4.98 Å². The number of alkyl halides is 1. The van der Waals surface area contributed by atoms with E-state index in [1.807, 2.05) is 53.2 Å². The van der Waals surface area contributed by atoms with Gasteiger partial charge in [0.1, 0.15) is 11.4 Å². The molecule has 96 valence electrons. The Kier molecular flexibility index (Phi) is 3.13. The van der Waals surface area contributed by atoms with Gasteiger partial charge in [-0.15, -0.1) is 11.6 Å². The molecular formula is C15H13ClN2O. The van der Waals surface area contributed by atoms with Crippen LogP contribution in [0.4, 0.5) is 0 Å². The summed E-state index contributed by atoms with van der Waals surface area (Å²) in [6.45, 7) is 0. The lowest BCUT2D eigenvalue weighted by Gasteiger charge is -1.99. The van der Waals surface area contributed by atoms with Crippen molar-refractivity contribution in [1.29, 1.82) is 0 Å². The second kappa shape index (κ2) is 4.94. The van der Waals surface area contributed by atoms with Crippen LogP contribution in [0.25, 0.3) is 16.9 Å². The van der Waals surface area contributed by atoms with Crippen molar-refractivity contribution in [2.75, 3.05) is 7.11 Å². The van der Waals surface area contributed by atoms with E-state index in [9.17, 15) is 0 Å². The van der Waals surface area contributed by atoms with E-state index in [0.717, 1.165) is 28.2 Å². The fourth-order valence-electron chi connectivity index (χ4n) is 2.01. The van der Waals surface area contributed by atoms with Crippen LogP contribution >= 0.6 is 11.6 Å². The summed E-state index contributed by atoms with van der Waals surface area (Å²) < 4.78 is 7.15. The third-order valence-corrected chi connectivity index (χ3v) is 3.37. The van der Waals surface area contributed by atoms with Crippen LogP contribution in [0, 0.1) is 0 Å². The molecule has 0 saturated heterocycles. The fourth-order valence-corrected chi connectivity index (χ4v) is 2.17. The molecule has 0 amide bonds. The van der Waals surface area contributed by atoms with E-state index < -0.39 is 0 Å². The fraction of sp³-hybridized carbons (Fsp3) is 0.133. The zero-order valence-electron chi connectivity index (χ0n) is 10.5. The lowest BCUT2D eigenvalue weighted by Crippen LogP contribution is -1.84. The standard InChI is InChI=1S/C15H13ClN2O/c1-19-13-4-2-12(3-5-13)14-10-18-7-6-11(9-16)8-15(18)17-14/h2-8,10H,9H2,1H3. The van der Waals surface area contributed by atoms with Gasteiger partial charge in [0, 0.05) is 23.8 Å². The summed E-state index contributed by atoms with van der Waals surface area (Å²) in [5.74, 6) is 1.35. The minimum Gasteiger partial charge on any atom is -0.497 e. The van der Waals surface area contributed by atoms with Gasteiger partial charge in [0.25, 0.3) is 0 Å². The minimum absolute atomic E-state index is 0.501. The number of rotatable bonds is 3. The lowest BCUT2D eigenvalue weighted by molar-refractivity contribution is 0.415. The third kappa shape index (κ3) is 2.29. The number of pyridine rings is 1. The number of methoxy groups -OCH3 is 1. The molecule has 4 heteroatoms. The smallest absolute Gasteiger partial charge is 0.137 e. The maximum Gasteiger partial charge on any atom is 0.137 e. The highest BCUT2D eigenvalue weighted by Gasteiger charge is 2.05. The largest absolute Gasteiger partial charge is 0.497 e. The second-order valence-corrected chi connectivity index (χ2v) is 4.56. The molecule has 0 N–H and O–H groups in total. The quantitative estimate of drug-likeness (QED) is 0.679. The van der Waals surface area contributed by atoms with E-state index in [1.165, 1.54) is 0 Å². The Morgan fingerprint density at radius 1 is 1.21 bits per heavy atom. The summed E-state index contributed by atoms with van der Waals surface area (Å²) >= 11 is 5.83. The number of nitrogens with zero attached hydrogens (tertiary/aromatic N) is 2. The molecule has 3 rings (SSSR count). The van der Waals surface area contributed by atoms with Crippen molar-refractivity contribution in [2.24, 2.45) is 0 Å². The van der Waals surface area contributed by atoms with Crippen LogP contribution in [-0.4, -0.2) is 16.5 Å². The number of fused-ring (bicyclic) bond motifs is 1. The summed E-state index contributed by atoms with van der Waals surface area (Å²) in [4.78, 5) is 4.61. The van der Waals surface area contributed by atoms with Gasteiger partial charge in [-0.2, -0.15) is 0 Å². The Hall–Kier alpha value is -2.00. The first-order valence-corrected chi connectivity index (χ1v) is 6.51. The highest BCUT2D eigenvalue weighted by atomic mass is 35.5. The van der Waals surface area contributed by atoms with Crippen molar-refractivity contribution < 1.29 is 4.74 Å². The highest BCUT2D eigenvalue weighted by Crippen LogP contribution is 2.22. The monoisotopic (exact) mass is 272 g/mol. The first-order chi connectivity index (χ1) is 9.30. The van der Waals surface area contributed by atoms with Gasteiger partial charge in [0.15, 0.2) is 0 Å². The topological polar surface area (TPSA) is 26.5 Å². The number of benzene rings is 1. The molecule has 0 fully saturated rings. The van der Waals surface area contributed by atoms with E-state index in [-0.39, 0.29) is 0 Å². The predicted octanol–water partition coefficient (Wildman–Crippen LogP) is 3.75. The SMILES string of the molecule is COc1ccc(-c2cn3ccc(CCl)cc3n2)cc1. The molecule has 3 nitrogen and oxygen atoms in total. The van der Waals surface area contributed by atoms with E-state index >= 15 is 0 Å². The Labute approximate surface area is 116 Å². The summed E-state index contributed by atoms with van der Waals surface area (Å²) in [7, 11) is 1.66. The summed E-state index contributed by atoms with van der Waals surface area (Å²) in [6, 6.07) is 11.9. The van der Waals surface area contributed by atoms with Gasteiger partial charge in [-0.05, 0) is 42.0 Å². The van der Waals surface area contributed by atoms with Gasteiger partial charge >= 0.3 is 0 Å². The molecule has 0 aliphatic carbocycles. The molecule has 0 spiro atoms. The van der Waals surface area contributed by atoms with Gasteiger partial charge in [0.2, 0.25) is 0 Å². The Morgan fingerprint density at radius 3 is 2.68 bits per heavy atom. The average molecular weight is 273 g/mol. The second-order valence-electron chi connectivity index (χ2n) is 4.29. The molecule has 0 aliphatic heterocycles. The van der Waals surface area contributed by atoms with Gasteiger partial charge in [0.05, 0.1) is 12.8 Å². The number of halogens is 1.